The maximum atomic E-state index is 6.59. The Kier molecular flexibility index (Phi) is 6.88. The molecular weight excluding hydrogens is 691 g/mol. The fourth-order valence-corrected chi connectivity index (χ4v) is 9.90. The number of furan rings is 1. The highest BCUT2D eigenvalue weighted by atomic mass is 16.3. The molecule has 1 spiro atoms. The van der Waals surface area contributed by atoms with Crippen molar-refractivity contribution in [2.24, 2.45) is 5.41 Å². The highest BCUT2D eigenvalue weighted by Crippen LogP contribution is 2.65. The van der Waals surface area contributed by atoms with Gasteiger partial charge in [-0.3, -0.25) is 0 Å². The zero-order chi connectivity index (χ0) is 37.5. The van der Waals surface area contributed by atoms with Crippen LogP contribution in [0.4, 0.5) is 17.1 Å². The van der Waals surface area contributed by atoms with Crippen molar-refractivity contribution >= 4 is 67.9 Å². The van der Waals surface area contributed by atoms with E-state index >= 15 is 0 Å². The third-order valence-corrected chi connectivity index (χ3v) is 12.3. The van der Waals surface area contributed by atoms with E-state index in [2.05, 4.69) is 217 Å². The van der Waals surface area contributed by atoms with E-state index in [1.807, 2.05) is 0 Å². The maximum absolute atomic E-state index is 6.59. The SMILES string of the molecule is C1=CC2(C3=Cc4ccccc4C3=C1)C1=Cc3ccccc3C1=CC=C2c1cccc(N(c2ccccc2)c2ccccc2)c1-c1cccc2oc3ccccc3c12. The first-order valence-corrected chi connectivity index (χ1v) is 19.7. The van der Waals surface area contributed by atoms with E-state index in [4.69, 9.17) is 4.42 Å². The van der Waals surface area contributed by atoms with Crippen LogP contribution in [0.15, 0.2) is 216 Å². The summed E-state index contributed by atoms with van der Waals surface area (Å²) in [6.07, 6.45) is 16.7. The highest BCUT2D eigenvalue weighted by molar-refractivity contribution is 6.17. The third kappa shape index (κ3) is 4.59. The van der Waals surface area contributed by atoms with Gasteiger partial charge in [0.1, 0.15) is 11.2 Å². The Hall–Kier alpha value is -7.42. The van der Waals surface area contributed by atoms with Crippen molar-refractivity contribution in [3.8, 4) is 11.1 Å². The van der Waals surface area contributed by atoms with Crippen molar-refractivity contribution in [3.05, 3.63) is 239 Å². The number of hydrogen-bond donors (Lipinski definition) is 0. The van der Waals surface area contributed by atoms with Crippen LogP contribution in [0.1, 0.15) is 27.8 Å². The quantitative estimate of drug-likeness (QED) is 0.176. The second-order valence-corrected chi connectivity index (χ2v) is 15.2. The lowest BCUT2D eigenvalue weighted by atomic mass is 9.59. The number of rotatable bonds is 5. The zero-order valence-corrected chi connectivity index (χ0v) is 31.1. The number of hydrogen-bond acceptors (Lipinski definition) is 2. The number of fused-ring (bicyclic) bond motifs is 11. The summed E-state index contributed by atoms with van der Waals surface area (Å²) in [7, 11) is 0. The van der Waals surface area contributed by atoms with E-state index in [0.29, 0.717) is 0 Å². The fourth-order valence-electron chi connectivity index (χ4n) is 9.90. The van der Waals surface area contributed by atoms with Crippen molar-refractivity contribution in [2.75, 3.05) is 4.90 Å². The molecular formula is C55H35NO. The molecule has 2 heteroatoms. The first-order chi connectivity index (χ1) is 28.3. The molecule has 0 radical (unpaired) electrons. The highest BCUT2D eigenvalue weighted by Gasteiger charge is 2.49. The Bertz CT molecular complexity index is 3100. The van der Waals surface area contributed by atoms with Gasteiger partial charge in [0.15, 0.2) is 0 Å². The Labute approximate surface area is 331 Å². The van der Waals surface area contributed by atoms with E-state index in [0.717, 1.165) is 50.1 Å². The Balaban J connectivity index is 1.21. The van der Waals surface area contributed by atoms with Crippen LogP contribution >= 0.6 is 0 Å². The predicted octanol–water partition coefficient (Wildman–Crippen LogP) is 14.6. The number of allylic oxidation sites excluding steroid dienone is 10. The molecule has 8 aromatic rings. The number of nitrogens with zero attached hydrogens (tertiary/aromatic N) is 1. The molecule has 0 saturated carbocycles. The minimum atomic E-state index is -0.573. The number of benzene rings is 7. The van der Waals surface area contributed by atoms with Gasteiger partial charge in [-0.1, -0.05) is 158 Å². The molecule has 0 fully saturated rings. The molecule has 57 heavy (non-hydrogen) atoms. The molecule has 12 rings (SSSR count). The van der Waals surface area contributed by atoms with Gasteiger partial charge in [-0.2, -0.15) is 0 Å². The van der Waals surface area contributed by atoms with E-state index in [1.165, 1.54) is 55.7 Å². The second kappa shape index (κ2) is 12.3. The molecule has 0 aliphatic heterocycles. The van der Waals surface area contributed by atoms with Gasteiger partial charge in [-0.15, -0.1) is 0 Å². The molecule has 0 amide bonds. The third-order valence-electron chi connectivity index (χ3n) is 12.3. The number of anilines is 3. The minimum absolute atomic E-state index is 0.573. The Morgan fingerprint density at radius 1 is 0.421 bits per heavy atom. The first-order valence-electron chi connectivity index (χ1n) is 19.7. The molecule has 4 aliphatic rings. The standard InChI is InChI=1S/C55H35NO/c1-3-18-38(19-4-1)56(39-20-5-2-6-21-39)50-28-13-25-44(53(50)46-26-14-30-52-54(46)45-24-11-12-29-51(45)57-52)47-32-31-43-41-23-10-8-17-37(41)35-49(43)55(47)33-15-27-42-40-22-9-7-16-36(40)34-48(42)55/h1-35H. The lowest BCUT2D eigenvalue weighted by molar-refractivity contribution is 0.669. The lowest BCUT2D eigenvalue weighted by Gasteiger charge is -2.43. The molecule has 266 valence electrons. The van der Waals surface area contributed by atoms with Crippen LogP contribution in [0.25, 0.3) is 61.9 Å². The van der Waals surface area contributed by atoms with Gasteiger partial charge in [0.05, 0.1) is 11.1 Å². The van der Waals surface area contributed by atoms with Gasteiger partial charge in [0.2, 0.25) is 0 Å². The van der Waals surface area contributed by atoms with Crippen LogP contribution in [0.2, 0.25) is 0 Å². The molecule has 1 unspecified atom stereocenters. The van der Waals surface area contributed by atoms with E-state index < -0.39 is 5.41 Å². The molecule has 1 heterocycles. The van der Waals surface area contributed by atoms with E-state index in [1.54, 1.807) is 0 Å². The summed E-state index contributed by atoms with van der Waals surface area (Å²) < 4.78 is 6.59. The predicted molar refractivity (Wildman–Crippen MR) is 238 cm³/mol. The monoisotopic (exact) mass is 725 g/mol. The van der Waals surface area contributed by atoms with Crippen molar-refractivity contribution in [2.45, 2.75) is 0 Å². The van der Waals surface area contributed by atoms with Crippen LogP contribution in [-0.4, -0.2) is 0 Å². The lowest BCUT2D eigenvalue weighted by Crippen LogP contribution is -2.29. The summed E-state index contributed by atoms with van der Waals surface area (Å²) in [5, 5.41) is 2.22. The van der Waals surface area contributed by atoms with Gasteiger partial charge in [-0.25, -0.2) is 0 Å². The summed E-state index contributed by atoms with van der Waals surface area (Å²) in [4.78, 5) is 2.41. The van der Waals surface area contributed by atoms with Gasteiger partial charge in [0.25, 0.3) is 0 Å². The van der Waals surface area contributed by atoms with Crippen molar-refractivity contribution in [1.29, 1.82) is 0 Å². The molecule has 0 bridgehead atoms. The molecule has 4 aliphatic carbocycles. The fraction of sp³-hybridized carbons (Fsp3) is 0.0182. The van der Waals surface area contributed by atoms with E-state index in [-0.39, 0.29) is 0 Å². The summed E-state index contributed by atoms with van der Waals surface area (Å²) in [5.41, 5.74) is 19.5. The zero-order valence-electron chi connectivity index (χ0n) is 31.1. The Morgan fingerprint density at radius 3 is 1.70 bits per heavy atom. The van der Waals surface area contributed by atoms with Crippen molar-refractivity contribution < 1.29 is 4.42 Å². The van der Waals surface area contributed by atoms with Gasteiger partial charge >= 0.3 is 0 Å². The number of para-hydroxylation sites is 3. The van der Waals surface area contributed by atoms with Crippen molar-refractivity contribution in [1.82, 2.24) is 0 Å². The van der Waals surface area contributed by atoms with Gasteiger partial charge in [-0.05, 0) is 116 Å². The topological polar surface area (TPSA) is 16.4 Å². The molecule has 0 saturated heterocycles. The molecule has 1 atom stereocenters. The smallest absolute Gasteiger partial charge is 0.136 e. The average Bonchev–Trinajstić information content (AvgIpc) is 3.97. The maximum Gasteiger partial charge on any atom is 0.136 e. The summed E-state index contributed by atoms with van der Waals surface area (Å²) >= 11 is 0. The minimum Gasteiger partial charge on any atom is -0.456 e. The normalized spacial score (nSPS) is 17.3. The van der Waals surface area contributed by atoms with Crippen LogP contribution in [0.5, 0.6) is 0 Å². The van der Waals surface area contributed by atoms with Crippen LogP contribution < -0.4 is 4.90 Å². The average molecular weight is 726 g/mol. The largest absolute Gasteiger partial charge is 0.456 e. The Morgan fingerprint density at radius 2 is 0.982 bits per heavy atom. The first kappa shape index (κ1) is 31.9. The summed E-state index contributed by atoms with van der Waals surface area (Å²) in [5.74, 6) is 0. The van der Waals surface area contributed by atoms with Gasteiger partial charge < -0.3 is 9.32 Å². The van der Waals surface area contributed by atoms with Crippen LogP contribution in [0.3, 0.4) is 0 Å². The second-order valence-electron chi connectivity index (χ2n) is 15.2. The van der Waals surface area contributed by atoms with Crippen LogP contribution in [0, 0.1) is 5.41 Å². The van der Waals surface area contributed by atoms with E-state index in [9.17, 15) is 0 Å². The molecule has 2 nitrogen and oxygen atoms in total. The molecule has 1 aromatic heterocycles. The van der Waals surface area contributed by atoms with Gasteiger partial charge in [0, 0.05) is 27.7 Å². The molecule has 7 aromatic carbocycles. The summed E-state index contributed by atoms with van der Waals surface area (Å²) in [6.45, 7) is 0. The van der Waals surface area contributed by atoms with Crippen LogP contribution in [-0.2, 0) is 0 Å². The van der Waals surface area contributed by atoms with Crippen molar-refractivity contribution in [3.63, 3.8) is 0 Å². The molecule has 0 N–H and O–H groups in total. The summed E-state index contributed by atoms with van der Waals surface area (Å²) in [6, 6.07) is 61.0.